The molecule has 0 saturated heterocycles. The van der Waals surface area contributed by atoms with Crippen molar-refractivity contribution in [2.75, 3.05) is 13.6 Å². The smallest absolute Gasteiger partial charge is 0.237 e. The molecule has 0 aliphatic rings. The van der Waals surface area contributed by atoms with Crippen LogP contribution in [0.2, 0.25) is 0 Å². The third kappa shape index (κ3) is 5.74. The molecule has 2 N–H and O–H groups in total. The number of likely N-dealkylation sites (N-methyl/N-ethyl adjacent to an activating group) is 1. The summed E-state index contributed by atoms with van der Waals surface area (Å²) in [5.74, 6) is 0.0208. The number of nitrogens with one attached hydrogen (secondary N) is 1. The van der Waals surface area contributed by atoms with Gasteiger partial charge in [-0.15, -0.1) is 0 Å². The molecule has 0 aromatic heterocycles. The molecule has 4 nitrogen and oxygen atoms in total. The first-order valence-corrected chi connectivity index (χ1v) is 5.57. The predicted molar refractivity (Wildman–Crippen MR) is 61.7 cm³/mol. The van der Waals surface area contributed by atoms with Gasteiger partial charge >= 0.3 is 0 Å². The molecule has 0 aromatic rings. The first kappa shape index (κ1) is 14.4. The maximum absolute atomic E-state index is 11.7. The first-order chi connectivity index (χ1) is 6.88. The van der Waals surface area contributed by atoms with Crippen LogP contribution < -0.4 is 5.32 Å². The molecule has 15 heavy (non-hydrogen) atoms. The highest BCUT2D eigenvalue weighted by Gasteiger charge is 2.19. The van der Waals surface area contributed by atoms with Gasteiger partial charge in [0, 0.05) is 12.6 Å². The molecule has 3 atom stereocenters. The molecule has 1 amide bonds. The number of nitrogens with zero attached hydrogens (tertiary/aromatic N) is 1. The van der Waals surface area contributed by atoms with Gasteiger partial charge in [0.05, 0.1) is 12.1 Å². The van der Waals surface area contributed by atoms with Crippen molar-refractivity contribution in [1.29, 1.82) is 0 Å². The van der Waals surface area contributed by atoms with Gasteiger partial charge in [0.1, 0.15) is 0 Å². The van der Waals surface area contributed by atoms with E-state index >= 15 is 0 Å². The Kier molecular flexibility index (Phi) is 6.52. The van der Waals surface area contributed by atoms with Crippen LogP contribution in [-0.4, -0.2) is 47.7 Å². The monoisotopic (exact) mass is 216 g/mol. The number of hydrogen-bond acceptors (Lipinski definition) is 3. The van der Waals surface area contributed by atoms with E-state index in [0.717, 1.165) is 6.42 Å². The quantitative estimate of drug-likeness (QED) is 0.683. The highest BCUT2D eigenvalue weighted by atomic mass is 16.3. The van der Waals surface area contributed by atoms with Crippen molar-refractivity contribution in [3.63, 3.8) is 0 Å². The molecule has 0 spiro atoms. The zero-order chi connectivity index (χ0) is 12.0. The van der Waals surface area contributed by atoms with Crippen molar-refractivity contribution in [2.45, 2.75) is 52.3 Å². The summed E-state index contributed by atoms with van der Waals surface area (Å²) < 4.78 is 0. The van der Waals surface area contributed by atoms with Gasteiger partial charge in [0.15, 0.2) is 0 Å². The average molecular weight is 216 g/mol. The van der Waals surface area contributed by atoms with Crippen LogP contribution in [0.5, 0.6) is 0 Å². The van der Waals surface area contributed by atoms with Gasteiger partial charge in [-0.1, -0.05) is 6.92 Å². The van der Waals surface area contributed by atoms with E-state index in [4.69, 9.17) is 0 Å². The molecule has 0 bridgehead atoms. The highest BCUT2D eigenvalue weighted by molar-refractivity contribution is 5.81. The van der Waals surface area contributed by atoms with Gasteiger partial charge in [-0.2, -0.15) is 0 Å². The molecule has 0 fully saturated rings. The molecule has 0 rings (SSSR count). The van der Waals surface area contributed by atoms with Crippen LogP contribution in [0.15, 0.2) is 0 Å². The highest BCUT2D eigenvalue weighted by Crippen LogP contribution is 1.99. The summed E-state index contributed by atoms with van der Waals surface area (Å²) in [6, 6.07) is 0.00787. The Bertz CT molecular complexity index is 195. The maximum Gasteiger partial charge on any atom is 0.237 e. The third-order valence-electron chi connectivity index (χ3n) is 2.59. The summed E-state index contributed by atoms with van der Waals surface area (Å²) in [5, 5.41) is 12.1. The molecular formula is C11H24N2O2. The van der Waals surface area contributed by atoms with Gasteiger partial charge in [-0.25, -0.2) is 0 Å². The van der Waals surface area contributed by atoms with Crippen LogP contribution in [0.4, 0.5) is 0 Å². The van der Waals surface area contributed by atoms with E-state index in [1.165, 1.54) is 0 Å². The fraction of sp³-hybridized carbons (Fsp3) is 0.909. The standard InChI is InChI=1S/C11H24N2O2/c1-6-8(2)12-11(15)10(4)13(5)7-9(3)14/h8-10,14H,6-7H2,1-5H3,(H,12,15). The number of aliphatic hydroxyl groups is 1. The van der Waals surface area contributed by atoms with Crippen molar-refractivity contribution < 1.29 is 9.90 Å². The Labute approximate surface area is 92.7 Å². The largest absolute Gasteiger partial charge is 0.392 e. The van der Waals surface area contributed by atoms with Crippen LogP contribution in [-0.2, 0) is 4.79 Å². The zero-order valence-electron chi connectivity index (χ0n) is 10.4. The summed E-state index contributed by atoms with van der Waals surface area (Å²) in [6.45, 7) is 8.10. The number of carbonyl (C=O) groups is 1. The van der Waals surface area contributed by atoms with E-state index in [0.29, 0.717) is 6.54 Å². The van der Waals surface area contributed by atoms with E-state index in [9.17, 15) is 9.90 Å². The number of amides is 1. The molecule has 0 aliphatic heterocycles. The van der Waals surface area contributed by atoms with E-state index in [-0.39, 0.29) is 18.0 Å². The Morgan fingerprint density at radius 2 is 1.93 bits per heavy atom. The zero-order valence-corrected chi connectivity index (χ0v) is 10.4. The van der Waals surface area contributed by atoms with Crippen molar-refractivity contribution in [2.24, 2.45) is 0 Å². The van der Waals surface area contributed by atoms with E-state index in [1.807, 2.05) is 32.7 Å². The predicted octanol–water partition coefficient (Wildman–Crippen LogP) is 0.602. The van der Waals surface area contributed by atoms with Gasteiger partial charge in [0.25, 0.3) is 0 Å². The second-order valence-corrected chi connectivity index (χ2v) is 4.28. The molecule has 3 unspecified atom stereocenters. The molecule has 0 saturated carbocycles. The summed E-state index contributed by atoms with van der Waals surface area (Å²) in [6.07, 6.45) is 0.521. The summed E-state index contributed by atoms with van der Waals surface area (Å²) in [4.78, 5) is 13.6. The van der Waals surface area contributed by atoms with Gasteiger partial charge in [-0.3, -0.25) is 9.69 Å². The second-order valence-electron chi connectivity index (χ2n) is 4.28. The lowest BCUT2D eigenvalue weighted by Gasteiger charge is -2.26. The van der Waals surface area contributed by atoms with Crippen LogP contribution in [0.3, 0.4) is 0 Å². The summed E-state index contributed by atoms with van der Waals surface area (Å²) in [7, 11) is 1.84. The minimum Gasteiger partial charge on any atom is -0.392 e. The molecule has 4 heteroatoms. The lowest BCUT2D eigenvalue weighted by atomic mass is 10.2. The van der Waals surface area contributed by atoms with Crippen molar-refractivity contribution in [3.05, 3.63) is 0 Å². The molecule has 0 heterocycles. The third-order valence-corrected chi connectivity index (χ3v) is 2.59. The van der Waals surface area contributed by atoms with Crippen molar-refractivity contribution in [3.8, 4) is 0 Å². The molecule has 0 aliphatic carbocycles. The Morgan fingerprint density at radius 1 is 1.40 bits per heavy atom. The Hall–Kier alpha value is -0.610. The van der Waals surface area contributed by atoms with E-state index in [1.54, 1.807) is 6.92 Å². The van der Waals surface area contributed by atoms with Crippen LogP contribution in [0.1, 0.15) is 34.1 Å². The van der Waals surface area contributed by atoms with E-state index < -0.39 is 6.10 Å². The number of hydrogen-bond donors (Lipinski definition) is 2. The molecule has 0 radical (unpaired) electrons. The number of rotatable bonds is 6. The number of carbonyl (C=O) groups excluding carboxylic acids is 1. The van der Waals surface area contributed by atoms with Crippen molar-refractivity contribution in [1.82, 2.24) is 10.2 Å². The van der Waals surface area contributed by atoms with Crippen LogP contribution >= 0.6 is 0 Å². The van der Waals surface area contributed by atoms with Crippen LogP contribution in [0.25, 0.3) is 0 Å². The maximum atomic E-state index is 11.7. The fourth-order valence-corrected chi connectivity index (χ4v) is 1.24. The Morgan fingerprint density at radius 3 is 2.33 bits per heavy atom. The number of aliphatic hydroxyl groups excluding tert-OH is 1. The van der Waals surface area contributed by atoms with E-state index in [2.05, 4.69) is 5.32 Å². The van der Waals surface area contributed by atoms with Crippen LogP contribution in [0, 0.1) is 0 Å². The molecule has 90 valence electrons. The first-order valence-electron chi connectivity index (χ1n) is 5.57. The second kappa shape index (κ2) is 6.80. The van der Waals surface area contributed by atoms with Gasteiger partial charge in [-0.05, 0) is 34.2 Å². The van der Waals surface area contributed by atoms with Gasteiger partial charge in [0.2, 0.25) is 5.91 Å². The summed E-state index contributed by atoms with van der Waals surface area (Å²) in [5.41, 5.74) is 0. The topological polar surface area (TPSA) is 52.6 Å². The minimum atomic E-state index is -0.408. The normalized spacial score (nSPS) is 17.3. The molecular weight excluding hydrogens is 192 g/mol. The summed E-state index contributed by atoms with van der Waals surface area (Å²) >= 11 is 0. The SMILES string of the molecule is CCC(C)NC(=O)C(C)N(C)CC(C)O. The lowest BCUT2D eigenvalue weighted by molar-refractivity contribution is -0.126. The van der Waals surface area contributed by atoms with Crippen molar-refractivity contribution >= 4 is 5.91 Å². The Balaban J connectivity index is 4.07. The molecule has 0 aromatic carbocycles. The van der Waals surface area contributed by atoms with Gasteiger partial charge < -0.3 is 10.4 Å². The average Bonchev–Trinajstić information content (AvgIpc) is 2.15. The lowest BCUT2D eigenvalue weighted by Crippen LogP contribution is -2.47. The minimum absolute atomic E-state index is 0.0208. The fourth-order valence-electron chi connectivity index (χ4n) is 1.24.